The number of benzene rings is 2. The van der Waals surface area contributed by atoms with Gasteiger partial charge >= 0.3 is 0 Å². The van der Waals surface area contributed by atoms with E-state index >= 15 is 0 Å². The van der Waals surface area contributed by atoms with Crippen LogP contribution in [0.4, 0.5) is 0 Å². The molecule has 2 aliphatic rings. The van der Waals surface area contributed by atoms with E-state index in [0.29, 0.717) is 5.92 Å². The normalized spacial score (nSPS) is 29.0. The lowest BCUT2D eigenvalue weighted by molar-refractivity contribution is -0.202. The second kappa shape index (κ2) is 6.99. The molecule has 0 amide bonds. The molecule has 0 aromatic heterocycles. The van der Waals surface area contributed by atoms with Gasteiger partial charge in [0.1, 0.15) is 12.2 Å². The first-order valence-corrected chi connectivity index (χ1v) is 9.93. The van der Waals surface area contributed by atoms with Crippen molar-refractivity contribution in [2.45, 2.75) is 43.7 Å². The predicted molar refractivity (Wildman–Crippen MR) is 99.0 cm³/mol. The van der Waals surface area contributed by atoms with Crippen molar-refractivity contribution < 1.29 is 9.47 Å². The Bertz CT molecular complexity index is 611. The molecule has 3 atom stereocenters. The topological polar surface area (TPSA) is 18.5 Å². The van der Waals surface area contributed by atoms with E-state index in [1.807, 2.05) is 12.1 Å². The van der Waals surface area contributed by atoms with Gasteiger partial charge in [0.15, 0.2) is 5.79 Å². The Morgan fingerprint density at radius 2 is 1.42 bits per heavy atom. The molecule has 0 radical (unpaired) electrons. The van der Waals surface area contributed by atoms with Crippen LogP contribution in [0.5, 0.6) is 0 Å². The van der Waals surface area contributed by atoms with Crippen LogP contribution in [0, 0.1) is 5.92 Å². The molecular formula is C21H23BrO2. The van der Waals surface area contributed by atoms with E-state index < -0.39 is 5.79 Å². The van der Waals surface area contributed by atoms with Crippen LogP contribution < -0.4 is 0 Å². The molecule has 3 heteroatoms. The summed E-state index contributed by atoms with van der Waals surface area (Å²) in [6.07, 6.45) is 4.31. The summed E-state index contributed by atoms with van der Waals surface area (Å²) in [5.41, 5.74) is 2.40. The Kier molecular flexibility index (Phi) is 4.75. The van der Waals surface area contributed by atoms with E-state index in [0.717, 1.165) is 18.2 Å². The van der Waals surface area contributed by atoms with E-state index in [-0.39, 0.29) is 12.2 Å². The van der Waals surface area contributed by atoms with E-state index in [1.165, 1.54) is 24.0 Å². The van der Waals surface area contributed by atoms with Gasteiger partial charge in [-0.3, -0.25) is 0 Å². The molecule has 1 spiro atoms. The maximum absolute atomic E-state index is 6.63. The smallest absolute Gasteiger partial charge is 0.170 e. The molecule has 2 nitrogen and oxygen atoms in total. The minimum absolute atomic E-state index is 0.0392. The first-order chi connectivity index (χ1) is 11.8. The van der Waals surface area contributed by atoms with Crippen LogP contribution in [0.15, 0.2) is 60.7 Å². The molecule has 24 heavy (non-hydrogen) atoms. The third-order valence-corrected chi connectivity index (χ3v) is 6.12. The van der Waals surface area contributed by atoms with Gasteiger partial charge in [0.2, 0.25) is 0 Å². The van der Waals surface area contributed by atoms with E-state index in [1.54, 1.807) is 0 Å². The van der Waals surface area contributed by atoms with Crippen molar-refractivity contribution in [3.63, 3.8) is 0 Å². The lowest BCUT2D eigenvalue weighted by Crippen LogP contribution is -2.37. The highest BCUT2D eigenvalue weighted by Gasteiger charge is 2.50. The van der Waals surface area contributed by atoms with Crippen molar-refractivity contribution in [1.82, 2.24) is 0 Å². The summed E-state index contributed by atoms with van der Waals surface area (Å²) in [5, 5.41) is 1.02. The first-order valence-electron chi connectivity index (χ1n) is 8.81. The van der Waals surface area contributed by atoms with Crippen molar-refractivity contribution in [3.8, 4) is 0 Å². The number of alkyl halides is 1. The fraction of sp³-hybridized carbons (Fsp3) is 0.429. The van der Waals surface area contributed by atoms with Gasteiger partial charge in [-0.2, -0.15) is 0 Å². The number of hydrogen-bond donors (Lipinski definition) is 0. The van der Waals surface area contributed by atoms with Crippen molar-refractivity contribution in [2.75, 3.05) is 5.33 Å². The largest absolute Gasteiger partial charge is 0.339 e. The van der Waals surface area contributed by atoms with E-state index in [9.17, 15) is 0 Å². The highest BCUT2D eigenvalue weighted by atomic mass is 79.9. The minimum atomic E-state index is -0.433. The average Bonchev–Trinajstić information content (AvgIpc) is 3.02. The van der Waals surface area contributed by atoms with Crippen LogP contribution in [0.3, 0.4) is 0 Å². The van der Waals surface area contributed by atoms with Crippen LogP contribution >= 0.6 is 15.9 Å². The Hall–Kier alpha value is -1.16. The summed E-state index contributed by atoms with van der Waals surface area (Å²) >= 11 is 3.65. The van der Waals surface area contributed by atoms with Crippen LogP contribution in [0.1, 0.15) is 49.0 Å². The van der Waals surface area contributed by atoms with Crippen molar-refractivity contribution in [1.29, 1.82) is 0 Å². The highest BCUT2D eigenvalue weighted by Crippen LogP contribution is 2.53. The molecule has 1 saturated carbocycles. The van der Waals surface area contributed by atoms with Crippen molar-refractivity contribution in [2.24, 2.45) is 5.92 Å². The molecule has 2 aromatic carbocycles. The number of hydrogen-bond acceptors (Lipinski definition) is 2. The molecule has 1 heterocycles. The molecular weight excluding hydrogens is 364 g/mol. The molecule has 1 aliphatic heterocycles. The Morgan fingerprint density at radius 3 is 1.92 bits per heavy atom. The van der Waals surface area contributed by atoms with E-state index in [2.05, 4.69) is 64.5 Å². The Morgan fingerprint density at radius 1 is 0.875 bits per heavy atom. The lowest BCUT2D eigenvalue weighted by atomic mass is 9.86. The van der Waals surface area contributed by atoms with Crippen LogP contribution in [0.2, 0.25) is 0 Å². The monoisotopic (exact) mass is 386 g/mol. The van der Waals surface area contributed by atoms with Gasteiger partial charge in [-0.05, 0) is 29.9 Å². The van der Waals surface area contributed by atoms with Gasteiger partial charge in [0, 0.05) is 18.2 Å². The first kappa shape index (κ1) is 16.3. The van der Waals surface area contributed by atoms with Gasteiger partial charge in [-0.1, -0.05) is 76.6 Å². The number of ether oxygens (including phenoxy) is 2. The summed E-state index contributed by atoms with van der Waals surface area (Å²) < 4.78 is 13.3. The summed E-state index contributed by atoms with van der Waals surface area (Å²) in [7, 11) is 0. The minimum Gasteiger partial charge on any atom is -0.339 e. The maximum Gasteiger partial charge on any atom is 0.170 e. The molecule has 0 unspecified atom stereocenters. The molecule has 2 aromatic rings. The van der Waals surface area contributed by atoms with Crippen molar-refractivity contribution >= 4 is 15.9 Å². The molecule has 4 rings (SSSR count). The quantitative estimate of drug-likeness (QED) is 0.620. The fourth-order valence-electron chi connectivity index (χ4n) is 4.04. The second-order valence-corrected chi connectivity index (χ2v) is 7.57. The van der Waals surface area contributed by atoms with Crippen molar-refractivity contribution in [3.05, 3.63) is 71.8 Å². The van der Waals surface area contributed by atoms with Crippen LogP contribution in [-0.2, 0) is 9.47 Å². The molecule has 0 bridgehead atoms. The summed E-state index contributed by atoms with van der Waals surface area (Å²) in [4.78, 5) is 0. The van der Waals surface area contributed by atoms with Gasteiger partial charge in [0.25, 0.3) is 0 Å². The number of rotatable bonds is 3. The Balaban J connectivity index is 1.68. The van der Waals surface area contributed by atoms with Gasteiger partial charge < -0.3 is 9.47 Å². The standard InChI is InChI=1S/C21H23BrO2/c22-15-16-8-7-13-21(14-16)23-19(17-9-3-1-4-10-17)20(24-21)18-11-5-2-6-12-18/h1-6,9-12,16,19-20H,7-8,13-15H2/t16-,19+,20+/m0/s1. The summed E-state index contributed by atoms with van der Waals surface area (Å²) in [5.74, 6) is 0.197. The molecule has 126 valence electrons. The third kappa shape index (κ3) is 3.17. The molecule has 0 N–H and O–H groups in total. The molecule has 1 aliphatic carbocycles. The van der Waals surface area contributed by atoms with Gasteiger partial charge in [-0.15, -0.1) is 0 Å². The maximum atomic E-state index is 6.63. The zero-order valence-electron chi connectivity index (χ0n) is 13.7. The fourth-order valence-corrected chi connectivity index (χ4v) is 4.59. The SMILES string of the molecule is BrC[C@H]1CCCC2(C1)O[C@H](c1ccccc1)[C@@H](c1ccccc1)O2. The van der Waals surface area contributed by atoms with Gasteiger partial charge in [-0.25, -0.2) is 0 Å². The summed E-state index contributed by atoms with van der Waals surface area (Å²) in [6, 6.07) is 21.0. The van der Waals surface area contributed by atoms with Gasteiger partial charge in [0.05, 0.1) is 0 Å². The number of halogens is 1. The molecule has 1 saturated heterocycles. The third-order valence-electron chi connectivity index (χ3n) is 5.20. The predicted octanol–water partition coefficient (Wildman–Crippen LogP) is 5.80. The highest BCUT2D eigenvalue weighted by molar-refractivity contribution is 9.09. The zero-order valence-corrected chi connectivity index (χ0v) is 15.3. The van der Waals surface area contributed by atoms with Crippen LogP contribution in [0.25, 0.3) is 0 Å². The second-order valence-electron chi connectivity index (χ2n) is 6.93. The zero-order chi connectivity index (χ0) is 16.4. The van der Waals surface area contributed by atoms with E-state index in [4.69, 9.17) is 9.47 Å². The Labute approximate surface area is 152 Å². The van der Waals surface area contributed by atoms with Crippen LogP contribution in [-0.4, -0.2) is 11.1 Å². The lowest BCUT2D eigenvalue weighted by Gasteiger charge is -2.36. The average molecular weight is 387 g/mol. The molecule has 2 fully saturated rings. The summed E-state index contributed by atoms with van der Waals surface area (Å²) in [6.45, 7) is 0.